The van der Waals surface area contributed by atoms with Crippen molar-refractivity contribution in [2.75, 3.05) is 31.7 Å². The van der Waals surface area contributed by atoms with Gasteiger partial charge in [-0.25, -0.2) is 0 Å². The van der Waals surface area contributed by atoms with Crippen LogP contribution in [0.1, 0.15) is 6.42 Å². The van der Waals surface area contributed by atoms with E-state index in [1.807, 2.05) is 0 Å². The number of nitro groups is 1. The summed E-state index contributed by atoms with van der Waals surface area (Å²) in [5.41, 5.74) is 0.533. The fraction of sp³-hybridized carbons (Fsp3) is 0.455. The molecule has 7 heteroatoms. The monoisotopic (exact) mass is 318 g/mol. The molecule has 0 fully saturated rings. The van der Waals surface area contributed by atoms with Gasteiger partial charge >= 0.3 is 0 Å². The Bertz CT molecular complexity index is 401. The number of rotatable bonds is 8. The van der Waals surface area contributed by atoms with Crippen molar-refractivity contribution in [2.45, 2.75) is 6.42 Å². The van der Waals surface area contributed by atoms with Crippen LogP contribution >= 0.6 is 15.9 Å². The molecule has 0 bridgehead atoms. The van der Waals surface area contributed by atoms with Crippen LogP contribution in [-0.4, -0.2) is 36.4 Å². The third kappa shape index (κ3) is 4.99. The van der Waals surface area contributed by atoms with E-state index in [-0.39, 0.29) is 12.3 Å². The van der Waals surface area contributed by atoms with Crippen LogP contribution < -0.4 is 5.32 Å². The molecule has 0 heterocycles. The van der Waals surface area contributed by atoms with Crippen LogP contribution in [0.5, 0.6) is 0 Å². The molecule has 0 unspecified atom stereocenters. The van der Waals surface area contributed by atoms with Crippen LogP contribution in [0.25, 0.3) is 0 Å². The van der Waals surface area contributed by atoms with E-state index in [0.717, 1.165) is 0 Å². The highest BCUT2D eigenvalue weighted by Gasteiger charge is 2.13. The predicted octanol–water partition coefficient (Wildman–Crippen LogP) is 2.17. The SMILES string of the molecule is O=[N+]([O-])c1cc(Br)ccc1NCCCOCCO. The van der Waals surface area contributed by atoms with E-state index in [1.54, 1.807) is 12.1 Å². The molecule has 0 aliphatic heterocycles. The van der Waals surface area contributed by atoms with Crippen molar-refractivity contribution in [1.82, 2.24) is 0 Å². The maximum Gasteiger partial charge on any atom is 0.293 e. The molecule has 18 heavy (non-hydrogen) atoms. The molecule has 0 saturated carbocycles. The lowest BCUT2D eigenvalue weighted by atomic mass is 10.2. The number of nitrogens with one attached hydrogen (secondary N) is 1. The minimum atomic E-state index is -0.421. The zero-order chi connectivity index (χ0) is 13.4. The lowest BCUT2D eigenvalue weighted by Gasteiger charge is -2.07. The van der Waals surface area contributed by atoms with Gasteiger partial charge < -0.3 is 15.2 Å². The van der Waals surface area contributed by atoms with Crippen LogP contribution in [-0.2, 0) is 4.74 Å². The predicted molar refractivity (Wildman–Crippen MR) is 71.8 cm³/mol. The molecule has 0 atom stereocenters. The number of halogens is 1. The van der Waals surface area contributed by atoms with E-state index in [9.17, 15) is 10.1 Å². The van der Waals surface area contributed by atoms with Gasteiger partial charge in [0.2, 0.25) is 0 Å². The molecule has 1 rings (SSSR count). The van der Waals surface area contributed by atoms with Crippen LogP contribution in [0.2, 0.25) is 0 Å². The van der Waals surface area contributed by atoms with Crippen molar-refractivity contribution in [3.05, 3.63) is 32.8 Å². The third-order valence-corrected chi connectivity index (χ3v) is 2.67. The summed E-state index contributed by atoms with van der Waals surface area (Å²) in [6.45, 7) is 1.41. The van der Waals surface area contributed by atoms with E-state index in [0.29, 0.717) is 36.3 Å². The van der Waals surface area contributed by atoms with Gasteiger partial charge in [0.05, 0.1) is 18.1 Å². The Morgan fingerprint density at radius 1 is 1.44 bits per heavy atom. The standard InChI is InChI=1S/C11H15BrN2O4/c12-9-2-3-10(11(8-9)14(16)17)13-4-1-6-18-7-5-15/h2-3,8,13,15H,1,4-7H2. The van der Waals surface area contributed by atoms with E-state index < -0.39 is 4.92 Å². The molecule has 1 aromatic carbocycles. The van der Waals surface area contributed by atoms with Crippen LogP contribution in [0.3, 0.4) is 0 Å². The number of nitro benzene ring substituents is 1. The van der Waals surface area contributed by atoms with Gasteiger partial charge in [0, 0.05) is 23.7 Å². The maximum absolute atomic E-state index is 10.8. The van der Waals surface area contributed by atoms with Gasteiger partial charge in [-0.15, -0.1) is 0 Å². The Morgan fingerprint density at radius 2 is 2.22 bits per heavy atom. The Kier molecular flexibility index (Phi) is 6.63. The molecule has 0 spiro atoms. The molecule has 0 aliphatic carbocycles. The minimum absolute atomic E-state index is 0.00557. The van der Waals surface area contributed by atoms with Crippen molar-refractivity contribution in [3.63, 3.8) is 0 Å². The second kappa shape index (κ2) is 8.02. The largest absolute Gasteiger partial charge is 0.394 e. The zero-order valence-corrected chi connectivity index (χ0v) is 11.4. The molecule has 100 valence electrons. The summed E-state index contributed by atoms with van der Waals surface area (Å²) in [4.78, 5) is 10.4. The number of aliphatic hydroxyl groups is 1. The first-order valence-electron chi connectivity index (χ1n) is 5.51. The van der Waals surface area contributed by atoms with Gasteiger partial charge in [0.1, 0.15) is 5.69 Å². The molecule has 1 aromatic rings. The first-order chi connectivity index (χ1) is 8.65. The fourth-order valence-corrected chi connectivity index (χ4v) is 1.72. The Morgan fingerprint density at radius 3 is 2.89 bits per heavy atom. The summed E-state index contributed by atoms with van der Waals surface area (Å²) in [7, 11) is 0. The summed E-state index contributed by atoms with van der Waals surface area (Å²) in [5.74, 6) is 0. The number of benzene rings is 1. The van der Waals surface area contributed by atoms with E-state index >= 15 is 0 Å². The van der Waals surface area contributed by atoms with Crippen molar-refractivity contribution < 1.29 is 14.8 Å². The molecule has 0 aromatic heterocycles. The van der Waals surface area contributed by atoms with Gasteiger partial charge in [-0.2, -0.15) is 0 Å². The molecule has 6 nitrogen and oxygen atoms in total. The average molecular weight is 319 g/mol. The van der Waals surface area contributed by atoms with E-state index in [2.05, 4.69) is 21.2 Å². The smallest absolute Gasteiger partial charge is 0.293 e. The first kappa shape index (κ1) is 14.9. The summed E-state index contributed by atoms with van der Waals surface area (Å²) < 4.78 is 5.76. The van der Waals surface area contributed by atoms with E-state index in [4.69, 9.17) is 9.84 Å². The number of anilines is 1. The van der Waals surface area contributed by atoms with Crippen molar-refractivity contribution in [2.24, 2.45) is 0 Å². The van der Waals surface area contributed by atoms with Crippen molar-refractivity contribution >= 4 is 27.3 Å². The number of hydrogen-bond donors (Lipinski definition) is 2. The number of hydrogen-bond acceptors (Lipinski definition) is 5. The minimum Gasteiger partial charge on any atom is -0.394 e. The summed E-state index contributed by atoms with van der Waals surface area (Å²) in [6.07, 6.45) is 0.715. The second-order valence-corrected chi connectivity index (χ2v) is 4.45. The Labute approximate surface area is 113 Å². The van der Waals surface area contributed by atoms with Gasteiger partial charge in [-0.05, 0) is 18.6 Å². The molecule has 0 radical (unpaired) electrons. The molecule has 0 aliphatic rings. The van der Waals surface area contributed by atoms with Crippen LogP contribution in [0.4, 0.5) is 11.4 Å². The normalized spacial score (nSPS) is 10.3. The van der Waals surface area contributed by atoms with Gasteiger partial charge in [-0.1, -0.05) is 15.9 Å². The van der Waals surface area contributed by atoms with Gasteiger partial charge in [-0.3, -0.25) is 10.1 Å². The number of ether oxygens (including phenoxy) is 1. The molecule has 0 amide bonds. The fourth-order valence-electron chi connectivity index (χ4n) is 1.37. The highest BCUT2D eigenvalue weighted by molar-refractivity contribution is 9.10. The lowest BCUT2D eigenvalue weighted by Crippen LogP contribution is -2.08. The van der Waals surface area contributed by atoms with E-state index in [1.165, 1.54) is 6.07 Å². The summed E-state index contributed by atoms with van der Waals surface area (Å²) in [6, 6.07) is 4.87. The number of aliphatic hydroxyl groups excluding tert-OH is 1. The topological polar surface area (TPSA) is 84.6 Å². The molecular weight excluding hydrogens is 304 g/mol. The third-order valence-electron chi connectivity index (χ3n) is 2.17. The van der Waals surface area contributed by atoms with Crippen molar-refractivity contribution in [1.29, 1.82) is 0 Å². The van der Waals surface area contributed by atoms with Crippen molar-refractivity contribution in [3.8, 4) is 0 Å². The Hall–Kier alpha value is -1.18. The zero-order valence-electron chi connectivity index (χ0n) is 9.76. The quantitative estimate of drug-likeness (QED) is 0.436. The summed E-state index contributed by atoms with van der Waals surface area (Å²) in [5, 5.41) is 22.3. The maximum atomic E-state index is 10.8. The molecular formula is C11H15BrN2O4. The van der Waals surface area contributed by atoms with Gasteiger partial charge in [0.15, 0.2) is 0 Å². The highest BCUT2D eigenvalue weighted by Crippen LogP contribution is 2.27. The highest BCUT2D eigenvalue weighted by atomic mass is 79.9. The van der Waals surface area contributed by atoms with Crippen LogP contribution in [0.15, 0.2) is 22.7 Å². The van der Waals surface area contributed by atoms with Gasteiger partial charge in [0.25, 0.3) is 5.69 Å². The first-order valence-corrected chi connectivity index (χ1v) is 6.31. The second-order valence-electron chi connectivity index (χ2n) is 3.53. The lowest BCUT2D eigenvalue weighted by molar-refractivity contribution is -0.384. The Balaban J connectivity index is 2.44. The molecule has 0 saturated heterocycles. The number of nitrogens with zero attached hydrogens (tertiary/aromatic N) is 1. The summed E-state index contributed by atoms with van der Waals surface area (Å²) >= 11 is 3.20. The average Bonchev–Trinajstić information content (AvgIpc) is 2.35. The molecule has 2 N–H and O–H groups in total. The van der Waals surface area contributed by atoms with Crippen LogP contribution in [0, 0.1) is 10.1 Å².